The number of fused-ring (bicyclic) bond motifs is 3. The van der Waals surface area contributed by atoms with E-state index < -0.39 is 99.7 Å². The first-order valence-electron chi connectivity index (χ1n) is 18.4. The van der Waals surface area contributed by atoms with Crippen LogP contribution in [0.3, 0.4) is 0 Å². The fourth-order valence-corrected chi connectivity index (χ4v) is 3.28. The second kappa shape index (κ2) is 9.56. The van der Waals surface area contributed by atoms with Crippen molar-refractivity contribution in [2.45, 2.75) is 64.9 Å². The van der Waals surface area contributed by atoms with Gasteiger partial charge in [-0.15, -0.1) is 0 Å². The molecule has 0 amide bonds. The Morgan fingerprint density at radius 1 is 1.40 bits per heavy atom. The van der Waals surface area contributed by atoms with E-state index in [9.17, 15) is 11.6 Å². The molecule has 2 aliphatic rings. The van der Waals surface area contributed by atoms with Crippen molar-refractivity contribution >= 4 is 5.97 Å². The third-order valence-corrected chi connectivity index (χ3v) is 4.70. The van der Waals surface area contributed by atoms with Crippen LogP contribution in [-0.2, 0) is 16.0 Å². The lowest BCUT2D eigenvalue weighted by Gasteiger charge is -2.47. The minimum absolute atomic E-state index is 0.102. The second-order valence-electron chi connectivity index (χ2n) is 7.33. The predicted molar refractivity (Wildman–Crippen MR) is 118 cm³/mol. The van der Waals surface area contributed by atoms with E-state index in [-0.39, 0.29) is 17.7 Å². The number of nitrogens with two attached hydrogens (primary N) is 1. The van der Waals surface area contributed by atoms with E-state index in [1.165, 1.54) is 27.0 Å². The molecule has 3 rings (SSSR count). The topological polar surface area (TPSA) is 74.0 Å². The zero-order chi connectivity index (χ0) is 37.7. The number of carbonyl (C=O) groups is 1. The van der Waals surface area contributed by atoms with Crippen molar-refractivity contribution in [3.63, 3.8) is 0 Å². The van der Waals surface area contributed by atoms with Gasteiger partial charge in [0.1, 0.15) is 12.1 Å². The van der Waals surface area contributed by atoms with Gasteiger partial charge in [-0.05, 0) is 47.9 Å². The molecule has 4 atom stereocenters. The molecule has 2 heterocycles. The molecular formula is C24H38N2O4. The van der Waals surface area contributed by atoms with Crippen molar-refractivity contribution in [3.05, 3.63) is 23.3 Å². The number of piperidine rings is 1. The van der Waals surface area contributed by atoms with Gasteiger partial charge < -0.3 is 19.9 Å². The van der Waals surface area contributed by atoms with Crippen molar-refractivity contribution in [1.82, 2.24) is 4.90 Å². The second-order valence-corrected chi connectivity index (χ2v) is 7.33. The third-order valence-electron chi connectivity index (χ3n) is 4.70. The molecule has 1 aromatic rings. The van der Waals surface area contributed by atoms with Crippen molar-refractivity contribution < 1.29 is 43.7 Å². The maximum atomic E-state index is 13.7. The van der Waals surface area contributed by atoms with Crippen LogP contribution < -0.4 is 15.2 Å². The number of hydrogen-bond donors (Lipinski definition) is 1. The maximum absolute atomic E-state index is 13.7. The van der Waals surface area contributed by atoms with Crippen LogP contribution in [0.2, 0.25) is 0 Å². The molecule has 30 heavy (non-hydrogen) atoms. The van der Waals surface area contributed by atoms with Crippen LogP contribution in [0.4, 0.5) is 0 Å². The highest BCUT2D eigenvalue weighted by Crippen LogP contribution is 2.44. The predicted octanol–water partition coefficient (Wildman–Crippen LogP) is 3.56. The molecular weight excluding hydrogens is 380 g/mol. The molecule has 0 aromatic heterocycles. The number of hydrogen-bond acceptors (Lipinski definition) is 6. The molecule has 168 valence electrons. The van der Waals surface area contributed by atoms with Gasteiger partial charge in [0.2, 0.25) is 0 Å². The fourth-order valence-electron chi connectivity index (χ4n) is 3.28. The molecule has 0 saturated carbocycles. The van der Waals surface area contributed by atoms with E-state index in [0.29, 0.717) is 4.90 Å². The quantitative estimate of drug-likeness (QED) is 0.659. The lowest BCUT2D eigenvalue weighted by Crippen LogP contribution is -2.51. The molecule has 6 nitrogen and oxygen atoms in total. The Bertz CT molecular complexity index is 1410. The summed E-state index contributed by atoms with van der Waals surface area (Å²) >= 11 is 0. The van der Waals surface area contributed by atoms with E-state index >= 15 is 0 Å². The van der Waals surface area contributed by atoms with Crippen molar-refractivity contribution in [2.75, 3.05) is 27.2 Å². The molecule has 3 unspecified atom stereocenters. The Morgan fingerprint density at radius 2 is 2.17 bits per heavy atom. The summed E-state index contributed by atoms with van der Waals surface area (Å²) < 4.78 is 166. The lowest BCUT2D eigenvalue weighted by atomic mass is 9.79. The normalized spacial score (nSPS) is 47.1. The van der Waals surface area contributed by atoms with E-state index in [0.717, 1.165) is 6.07 Å². The number of benzene rings is 1. The van der Waals surface area contributed by atoms with Gasteiger partial charge in [0.25, 0.3) is 0 Å². The van der Waals surface area contributed by atoms with Crippen LogP contribution in [0.5, 0.6) is 11.5 Å². The zero-order valence-electron chi connectivity index (χ0n) is 35.0. The summed E-state index contributed by atoms with van der Waals surface area (Å²) in [6.07, 6.45) is -8.53. The van der Waals surface area contributed by atoms with Gasteiger partial charge in [-0.25, -0.2) is 0 Å². The molecule has 6 heteroatoms. The number of carbonyl (C=O) groups excluding carboxylic acids is 1. The molecule has 0 bridgehead atoms. The number of nitrogens with zero attached hydrogens (tertiary/aromatic N) is 1. The molecule has 0 radical (unpaired) electrons. The van der Waals surface area contributed by atoms with E-state index in [1.54, 1.807) is 0 Å². The van der Waals surface area contributed by atoms with E-state index in [1.807, 2.05) is 0 Å². The molecule has 2 N–H and O–H groups in total. The van der Waals surface area contributed by atoms with Gasteiger partial charge in [0, 0.05) is 47.8 Å². The maximum Gasteiger partial charge on any atom is 0.323 e. The molecule has 1 aromatic carbocycles. The number of esters is 1. The summed E-state index contributed by atoms with van der Waals surface area (Å²) in [5.74, 6) is -11.2. The minimum atomic E-state index is -4.15. The van der Waals surface area contributed by atoms with Crippen LogP contribution in [0.15, 0.2) is 12.1 Å². The van der Waals surface area contributed by atoms with Gasteiger partial charge in [0.15, 0.2) is 11.5 Å². The van der Waals surface area contributed by atoms with Gasteiger partial charge in [-0.2, -0.15) is 0 Å². The summed E-state index contributed by atoms with van der Waals surface area (Å²) in [6.45, 7) is -8.74. The van der Waals surface area contributed by atoms with E-state index in [2.05, 4.69) is 0 Å². The van der Waals surface area contributed by atoms with Gasteiger partial charge in [0.05, 0.1) is 22.4 Å². The first-order chi connectivity index (χ1) is 21.2. The fraction of sp³-hybridized carbons (Fsp3) is 0.708. The van der Waals surface area contributed by atoms with Gasteiger partial charge in [-0.1, -0.05) is 27.6 Å². The molecule has 1 saturated heterocycles. The monoisotopic (exact) mass is 436 g/mol. The first-order valence-corrected chi connectivity index (χ1v) is 9.36. The van der Waals surface area contributed by atoms with E-state index in [4.69, 9.17) is 37.8 Å². The summed E-state index contributed by atoms with van der Waals surface area (Å²) in [6, 6.07) is -5.15. The summed E-state index contributed by atoms with van der Waals surface area (Å²) in [4.78, 5) is 14.4. The van der Waals surface area contributed by atoms with Crippen molar-refractivity contribution in [1.29, 1.82) is 0 Å². The number of methoxy groups -OCH3 is 2. The Hall–Kier alpha value is -1.79. The highest BCUT2D eigenvalue weighted by molar-refractivity contribution is 5.76. The van der Waals surface area contributed by atoms with Crippen LogP contribution >= 0.6 is 0 Å². The molecule has 1 fully saturated rings. The Balaban J connectivity index is 2.43. The standard InChI is InChI=1S/C24H38N2O4/c1-14(2)9-17-13-26-8-7-16-10-21(28-5)22(29-6)11-18(16)19(26)12-20(17)30-24(27)23(25)15(3)4/h10-11,14-15,17,19-20,23H,7-9,12-13,25H2,1-6H3/t17?,19?,20?,23-/m0/s1/i3D3,4D3,6D3,12D2,13D2,15D,17D,19D,20D,23D. The number of rotatable bonds is 7. The zero-order valence-corrected chi connectivity index (χ0v) is 17.0. The summed E-state index contributed by atoms with van der Waals surface area (Å²) in [7, 11) is -1.90. The van der Waals surface area contributed by atoms with Crippen LogP contribution in [-0.4, -0.2) is 50.2 Å². The average molecular weight is 437 g/mol. The van der Waals surface area contributed by atoms with Gasteiger partial charge >= 0.3 is 5.97 Å². The first kappa shape index (κ1) is 8.99. The SMILES string of the molecule is [2H]C([2H])([2H])Oc1cc2c(cc1OC)CCN1C([2H])([2H])C([2H])(CC(C)C)C([2H])(OC(=O)[C@@]([2H])(N)C([2H])(C([2H])([2H])[2H])C([2H])([2H])[2H])C([2H])([2H])C21[2H]. The third kappa shape index (κ3) is 4.75. The van der Waals surface area contributed by atoms with Crippen LogP contribution in [0.25, 0.3) is 0 Å². The highest BCUT2D eigenvalue weighted by Gasteiger charge is 2.41. The van der Waals surface area contributed by atoms with Crippen molar-refractivity contribution in [2.24, 2.45) is 23.4 Å². The van der Waals surface area contributed by atoms with Crippen molar-refractivity contribution in [3.8, 4) is 11.5 Å². The Labute approximate surface area is 206 Å². The minimum Gasteiger partial charge on any atom is -0.493 e. The van der Waals surface area contributed by atoms with Crippen LogP contribution in [0.1, 0.15) is 82.2 Å². The molecule has 0 spiro atoms. The highest BCUT2D eigenvalue weighted by atomic mass is 16.5. The largest absolute Gasteiger partial charge is 0.493 e. The van der Waals surface area contributed by atoms with Crippen LogP contribution in [0, 0.1) is 17.7 Å². The Morgan fingerprint density at radius 3 is 2.83 bits per heavy atom. The summed E-state index contributed by atoms with van der Waals surface area (Å²) in [5, 5.41) is 0. The Kier molecular flexibility index (Phi) is 2.86. The lowest BCUT2D eigenvalue weighted by molar-refractivity contribution is -0.160. The smallest absolute Gasteiger partial charge is 0.323 e. The summed E-state index contributed by atoms with van der Waals surface area (Å²) in [5.41, 5.74) is 5.31. The molecule has 2 aliphatic heterocycles. The average Bonchev–Trinajstić information content (AvgIpc) is 2.88. The van der Waals surface area contributed by atoms with Gasteiger partial charge in [-0.3, -0.25) is 9.69 Å². The number of ether oxygens (including phenoxy) is 3. The molecule has 0 aliphatic carbocycles.